The van der Waals surface area contributed by atoms with Crippen molar-refractivity contribution in [1.82, 2.24) is 8.87 Å². The van der Waals surface area contributed by atoms with Gasteiger partial charge in [-0.25, -0.2) is 8.42 Å². The summed E-state index contributed by atoms with van der Waals surface area (Å²) in [5, 5.41) is 0. The van der Waals surface area contributed by atoms with Gasteiger partial charge in [-0.2, -0.15) is 4.31 Å². The van der Waals surface area contributed by atoms with E-state index in [4.69, 9.17) is 0 Å². The van der Waals surface area contributed by atoms with Crippen molar-refractivity contribution in [3.63, 3.8) is 0 Å². The number of aromatic nitrogens is 1. The molecule has 1 unspecified atom stereocenters. The van der Waals surface area contributed by atoms with Crippen molar-refractivity contribution in [3.8, 4) is 0 Å². The number of thiazole rings is 1. The molecular formula is C14H18N2O3S2. The van der Waals surface area contributed by atoms with Gasteiger partial charge in [-0.15, -0.1) is 0 Å². The summed E-state index contributed by atoms with van der Waals surface area (Å²) < 4.78 is 29.2. The first-order valence-corrected chi connectivity index (χ1v) is 9.25. The van der Waals surface area contributed by atoms with Crippen molar-refractivity contribution in [3.05, 3.63) is 27.9 Å². The smallest absolute Gasteiger partial charge is 0.302 e. The summed E-state index contributed by atoms with van der Waals surface area (Å²) in [7, 11) is -1.77. The Bertz CT molecular complexity index is 836. The van der Waals surface area contributed by atoms with E-state index in [-0.39, 0.29) is 9.77 Å². The summed E-state index contributed by atoms with van der Waals surface area (Å²) in [6.07, 6.45) is 1.98. The maximum atomic E-state index is 12.7. The Hall–Kier alpha value is -1.18. The van der Waals surface area contributed by atoms with Crippen LogP contribution in [0.5, 0.6) is 0 Å². The minimum Gasteiger partial charge on any atom is -0.302 e. The lowest BCUT2D eigenvalue weighted by atomic mass is 10.0. The number of rotatable bonds is 2. The number of piperidine rings is 1. The maximum Gasteiger partial charge on any atom is 0.307 e. The normalized spacial score (nSPS) is 21.0. The highest BCUT2D eigenvalue weighted by Crippen LogP contribution is 2.26. The van der Waals surface area contributed by atoms with E-state index in [0.29, 0.717) is 23.7 Å². The van der Waals surface area contributed by atoms with Gasteiger partial charge in [0.1, 0.15) is 0 Å². The van der Waals surface area contributed by atoms with Gasteiger partial charge < -0.3 is 4.57 Å². The lowest BCUT2D eigenvalue weighted by Gasteiger charge is -2.30. The minimum atomic E-state index is -3.46. The Morgan fingerprint density at radius 3 is 2.81 bits per heavy atom. The molecule has 1 aromatic carbocycles. The fourth-order valence-electron chi connectivity index (χ4n) is 2.79. The van der Waals surface area contributed by atoms with E-state index < -0.39 is 10.0 Å². The van der Waals surface area contributed by atoms with Crippen LogP contribution in [0.2, 0.25) is 0 Å². The molecule has 7 heteroatoms. The van der Waals surface area contributed by atoms with Crippen molar-refractivity contribution in [2.24, 2.45) is 13.0 Å². The molecular weight excluding hydrogens is 308 g/mol. The molecule has 0 saturated carbocycles. The molecule has 114 valence electrons. The second-order valence-corrected chi connectivity index (χ2v) is 8.60. The molecule has 1 atom stereocenters. The van der Waals surface area contributed by atoms with Gasteiger partial charge in [0.25, 0.3) is 0 Å². The number of hydrogen-bond acceptors (Lipinski definition) is 4. The molecule has 0 spiro atoms. The third-order valence-corrected chi connectivity index (χ3v) is 6.88. The van der Waals surface area contributed by atoms with Gasteiger partial charge in [-0.1, -0.05) is 18.3 Å². The van der Waals surface area contributed by atoms with Gasteiger partial charge in [-0.05, 0) is 37.0 Å². The zero-order valence-electron chi connectivity index (χ0n) is 12.1. The molecule has 0 aliphatic carbocycles. The number of sulfonamides is 1. The van der Waals surface area contributed by atoms with Crippen LogP contribution in [0.1, 0.15) is 19.8 Å². The first-order valence-electron chi connectivity index (χ1n) is 6.99. The molecule has 2 aromatic rings. The van der Waals surface area contributed by atoms with Crippen LogP contribution >= 0.6 is 11.3 Å². The Morgan fingerprint density at radius 2 is 2.10 bits per heavy atom. The van der Waals surface area contributed by atoms with Crippen molar-refractivity contribution in [1.29, 1.82) is 0 Å². The third kappa shape index (κ3) is 2.54. The van der Waals surface area contributed by atoms with Crippen molar-refractivity contribution < 1.29 is 8.42 Å². The monoisotopic (exact) mass is 326 g/mol. The van der Waals surface area contributed by atoms with Gasteiger partial charge in [0, 0.05) is 20.1 Å². The van der Waals surface area contributed by atoms with Crippen LogP contribution in [-0.4, -0.2) is 30.4 Å². The zero-order valence-corrected chi connectivity index (χ0v) is 13.7. The van der Waals surface area contributed by atoms with Crippen LogP contribution in [0, 0.1) is 5.92 Å². The van der Waals surface area contributed by atoms with Crippen molar-refractivity contribution in [2.75, 3.05) is 13.1 Å². The molecule has 1 aromatic heterocycles. The molecule has 0 bridgehead atoms. The molecule has 1 aliphatic heterocycles. The summed E-state index contributed by atoms with van der Waals surface area (Å²) in [5.41, 5.74) is 0.774. The second kappa shape index (κ2) is 5.23. The summed E-state index contributed by atoms with van der Waals surface area (Å²) >= 11 is 1.08. The van der Waals surface area contributed by atoms with E-state index in [1.807, 2.05) is 0 Å². The standard InChI is InChI=1S/C14H18N2O3S2/c1-10-4-3-7-16(9-10)21(18,19)11-5-6-12-13(8-11)20-14(17)15(12)2/h5-6,8,10H,3-4,7,9H2,1-2H3. The molecule has 5 nitrogen and oxygen atoms in total. The van der Waals surface area contributed by atoms with E-state index >= 15 is 0 Å². The Kier molecular flexibility index (Phi) is 3.67. The first-order chi connectivity index (χ1) is 9.89. The molecule has 21 heavy (non-hydrogen) atoms. The van der Waals surface area contributed by atoms with E-state index in [1.165, 1.54) is 0 Å². The summed E-state index contributed by atoms with van der Waals surface area (Å²) in [4.78, 5) is 11.9. The van der Waals surface area contributed by atoms with Gasteiger partial charge in [-0.3, -0.25) is 4.79 Å². The zero-order chi connectivity index (χ0) is 15.2. The van der Waals surface area contributed by atoms with E-state index in [1.54, 1.807) is 34.1 Å². The van der Waals surface area contributed by atoms with Crippen molar-refractivity contribution >= 4 is 31.6 Å². The predicted octanol–water partition coefficient (Wildman–Crippen LogP) is 2.02. The fourth-order valence-corrected chi connectivity index (χ4v) is 5.41. The van der Waals surface area contributed by atoms with Crippen LogP contribution in [0.4, 0.5) is 0 Å². The lowest BCUT2D eigenvalue weighted by molar-refractivity contribution is 0.281. The topological polar surface area (TPSA) is 59.4 Å². The van der Waals surface area contributed by atoms with Gasteiger partial charge in [0.05, 0.1) is 15.1 Å². The van der Waals surface area contributed by atoms with Crippen LogP contribution in [0.15, 0.2) is 27.9 Å². The Morgan fingerprint density at radius 1 is 1.33 bits per heavy atom. The number of benzene rings is 1. The molecule has 1 fully saturated rings. The Balaban J connectivity index is 2.04. The first kappa shape index (κ1) is 14.7. The number of hydrogen-bond donors (Lipinski definition) is 0. The van der Waals surface area contributed by atoms with E-state index in [0.717, 1.165) is 29.7 Å². The van der Waals surface area contributed by atoms with Crippen LogP contribution in [0.25, 0.3) is 10.2 Å². The highest BCUT2D eigenvalue weighted by molar-refractivity contribution is 7.89. The van der Waals surface area contributed by atoms with Crippen LogP contribution in [-0.2, 0) is 17.1 Å². The fraction of sp³-hybridized carbons (Fsp3) is 0.500. The predicted molar refractivity (Wildman–Crippen MR) is 84.2 cm³/mol. The van der Waals surface area contributed by atoms with E-state index in [9.17, 15) is 13.2 Å². The number of fused-ring (bicyclic) bond motifs is 1. The number of aryl methyl sites for hydroxylation is 1. The molecule has 0 radical (unpaired) electrons. The SMILES string of the molecule is CC1CCCN(S(=O)(=O)c2ccc3c(c2)sc(=O)n3C)C1. The van der Waals surface area contributed by atoms with E-state index in [2.05, 4.69) is 6.92 Å². The van der Waals surface area contributed by atoms with Gasteiger partial charge in [0.2, 0.25) is 10.0 Å². The Labute approximate surface area is 127 Å². The van der Waals surface area contributed by atoms with Crippen LogP contribution < -0.4 is 4.87 Å². The van der Waals surface area contributed by atoms with Gasteiger partial charge in [0.15, 0.2) is 0 Å². The molecule has 3 rings (SSSR count). The lowest BCUT2D eigenvalue weighted by Crippen LogP contribution is -2.39. The summed E-state index contributed by atoms with van der Waals surface area (Å²) in [5.74, 6) is 0.394. The van der Waals surface area contributed by atoms with Crippen LogP contribution in [0.3, 0.4) is 0 Å². The molecule has 1 aliphatic rings. The highest BCUT2D eigenvalue weighted by atomic mass is 32.2. The quantitative estimate of drug-likeness (QED) is 0.848. The second-order valence-electron chi connectivity index (χ2n) is 5.67. The highest BCUT2D eigenvalue weighted by Gasteiger charge is 2.28. The summed E-state index contributed by atoms with van der Waals surface area (Å²) in [6.45, 7) is 3.23. The van der Waals surface area contributed by atoms with Gasteiger partial charge >= 0.3 is 4.87 Å². The largest absolute Gasteiger partial charge is 0.307 e. The maximum absolute atomic E-state index is 12.7. The third-order valence-electron chi connectivity index (χ3n) is 4.02. The van der Waals surface area contributed by atoms with Crippen molar-refractivity contribution in [2.45, 2.75) is 24.7 Å². The molecule has 1 saturated heterocycles. The molecule has 0 amide bonds. The summed E-state index contributed by atoms with van der Waals surface area (Å²) in [6, 6.07) is 4.94. The molecule has 2 heterocycles. The molecule has 0 N–H and O–H groups in total. The number of nitrogens with zero attached hydrogens (tertiary/aromatic N) is 2. The minimum absolute atomic E-state index is 0.0776. The average molecular weight is 326 g/mol. The average Bonchev–Trinajstić information content (AvgIpc) is 2.73.